The van der Waals surface area contributed by atoms with Gasteiger partial charge in [0.25, 0.3) is 0 Å². The van der Waals surface area contributed by atoms with Gasteiger partial charge in [-0.2, -0.15) is 0 Å². The Bertz CT molecular complexity index is 1070. The Hall–Kier alpha value is -3.26. The van der Waals surface area contributed by atoms with Gasteiger partial charge < -0.3 is 19.9 Å². The number of hydrogen-bond acceptors (Lipinski definition) is 7. The minimum atomic E-state index is -0.0424. The van der Waals surface area contributed by atoms with E-state index in [0.29, 0.717) is 5.75 Å². The molecule has 7 nitrogen and oxygen atoms in total. The van der Waals surface area contributed by atoms with Crippen LogP contribution in [0.2, 0.25) is 0 Å². The van der Waals surface area contributed by atoms with Gasteiger partial charge >= 0.3 is 0 Å². The van der Waals surface area contributed by atoms with Crippen LogP contribution < -0.4 is 19.9 Å². The molecule has 1 N–H and O–H groups in total. The third kappa shape index (κ3) is 5.76. The zero-order valence-corrected chi connectivity index (χ0v) is 19.8. The number of aromatic nitrogens is 2. The number of thioether (sulfide) groups is 1. The number of piperazine rings is 1. The molecule has 1 fully saturated rings. The monoisotopic (exact) mass is 463 g/mol. The molecular weight excluding hydrogens is 434 g/mol. The topological polar surface area (TPSA) is 70.6 Å². The van der Waals surface area contributed by atoms with Crippen LogP contribution in [0.3, 0.4) is 0 Å². The average molecular weight is 464 g/mol. The van der Waals surface area contributed by atoms with Crippen LogP contribution >= 0.6 is 11.8 Å². The number of aryl methyl sites for hydroxylation is 1. The number of amides is 1. The van der Waals surface area contributed by atoms with Gasteiger partial charge in [0.1, 0.15) is 10.8 Å². The van der Waals surface area contributed by atoms with E-state index in [4.69, 9.17) is 4.74 Å². The normalized spacial score (nSPS) is 13.6. The summed E-state index contributed by atoms with van der Waals surface area (Å²) in [4.78, 5) is 16.9. The van der Waals surface area contributed by atoms with E-state index < -0.39 is 0 Å². The Morgan fingerprint density at radius 3 is 2.42 bits per heavy atom. The highest BCUT2D eigenvalue weighted by molar-refractivity contribution is 7.99. The van der Waals surface area contributed by atoms with Crippen molar-refractivity contribution in [3.8, 4) is 5.75 Å². The first-order valence-corrected chi connectivity index (χ1v) is 12.1. The molecule has 0 aliphatic carbocycles. The van der Waals surface area contributed by atoms with Crippen LogP contribution in [-0.2, 0) is 11.2 Å². The van der Waals surface area contributed by atoms with Crippen LogP contribution in [0.5, 0.6) is 5.75 Å². The zero-order valence-electron chi connectivity index (χ0n) is 19.0. The summed E-state index contributed by atoms with van der Waals surface area (Å²) in [7, 11) is 1.71. The number of para-hydroxylation sites is 3. The van der Waals surface area contributed by atoms with Crippen molar-refractivity contribution in [3.05, 3.63) is 66.2 Å². The van der Waals surface area contributed by atoms with E-state index in [2.05, 4.69) is 38.3 Å². The van der Waals surface area contributed by atoms with E-state index in [-0.39, 0.29) is 5.91 Å². The molecule has 0 unspecified atom stereocenters. The lowest BCUT2D eigenvalue weighted by molar-refractivity contribution is -0.113. The SMILES string of the molecule is CCc1ccccc1NC(=O)CSc1ccc(N2CCN(c3ccccc3OC)CC2)nn1. The second-order valence-corrected chi connectivity index (χ2v) is 8.72. The number of benzene rings is 2. The molecule has 1 aliphatic rings. The molecule has 1 saturated heterocycles. The summed E-state index contributed by atoms with van der Waals surface area (Å²) in [5, 5.41) is 12.5. The van der Waals surface area contributed by atoms with E-state index in [1.165, 1.54) is 11.8 Å². The lowest BCUT2D eigenvalue weighted by atomic mass is 10.1. The van der Waals surface area contributed by atoms with Gasteiger partial charge in [-0.1, -0.05) is 49.0 Å². The standard InChI is InChI=1S/C25H29N5O2S/c1-3-19-8-4-5-9-20(19)26-24(31)18-33-25-13-12-23(27-28-25)30-16-14-29(15-17-30)21-10-6-7-11-22(21)32-2/h4-13H,3,14-18H2,1-2H3,(H,26,31). The van der Waals surface area contributed by atoms with Gasteiger partial charge in [0.2, 0.25) is 5.91 Å². The summed E-state index contributed by atoms with van der Waals surface area (Å²) in [6.45, 7) is 5.57. The number of nitrogens with zero attached hydrogens (tertiary/aromatic N) is 4. The lowest BCUT2D eigenvalue weighted by Crippen LogP contribution is -2.47. The number of rotatable bonds is 8. The summed E-state index contributed by atoms with van der Waals surface area (Å²) >= 11 is 1.39. The molecule has 1 aliphatic heterocycles. The molecule has 3 aromatic rings. The molecule has 2 aromatic carbocycles. The van der Waals surface area contributed by atoms with Crippen molar-refractivity contribution in [1.82, 2.24) is 10.2 Å². The molecule has 0 atom stereocenters. The summed E-state index contributed by atoms with van der Waals surface area (Å²) < 4.78 is 5.50. The highest BCUT2D eigenvalue weighted by atomic mass is 32.2. The molecule has 0 saturated carbocycles. The minimum Gasteiger partial charge on any atom is -0.495 e. The number of hydrogen-bond donors (Lipinski definition) is 1. The maximum absolute atomic E-state index is 12.4. The average Bonchev–Trinajstić information content (AvgIpc) is 2.88. The first-order valence-electron chi connectivity index (χ1n) is 11.1. The number of nitrogens with one attached hydrogen (secondary N) is 1. The van der Waals surface area contributed by atoms with Crippen LogP contribution in [0.15, 0.2) is 65.7 Å². The van der Waals surface area contributed by atoms with E-state index >= 15 is 0 Å². The maximum Gasteiger partial charge on any atom is 0.234 e. The number of ether oxygens (including phenoxy) is 1. The Labute approximate surface area is 199 Å². The van der Waals surface area contributed by atoms with Crippen LogP contribution in [0.4, 0.5) is 17.2 Å². The van der Waals surface area contributed by atoms with Crippen molar-refractivity contribution >= 4 is 34.9 Å². The van der Waals surface area contributed by atoms with Gasteiger partial charge in [0, 0.05) is 31.9 Å². The van der Waals surface area contributed by atoms with Crippen molar-refractivity contribution in [2.24, 2.45) is 0 Å². The maximum atomic E-state index is 12.4. The summed E-state index contributed by atoms with van der Waals surface area (Å²) in [5.41, 5.74) is 3.13. The third-order valence-electron chi connectivity index (χ3n) is 5.68. The van der Waals surface area contributed by atoms with E-state index in [9.17, 15) is 4.79 Å². The fourth-order valence-corrected chi connectivity index (χ4v) is 4.52. The van der Waals surface area contributed by atoms with Gasteiger partial charge in [0.05, 0.1) is 18.6 Å². The van der Waals surface area contributed by atoms with Gasteiger partial charge in [-0.3, -0.25) is 4.79 Å². The summed E-state index contributed by atoms with van der Waals surface area (Å²) in [6.07, 6.45) is 0.879. The van der Waals surface area contributed by atoms with Crippen LogP contribution in [0, 0.1) is 0 Å². The zero-order chi connectivity index (χ0) is 23.0. The molecule has 8 heteroatoms. The van der Waals surface area contributed by atoms with Crippen molar-refractivity contribution in [1.29, 1.82) is 0 Å². The number of anilines is 3. The highest BCUT2D eigenvalue weighted by Gasteiger charge is 2.20. The lowest BCUT2D eigenvalue weighted by Gasteiger charge is -2.37. The molecule has 0 spiro atoms. The van der Waals surface area contributed by atoms with E-state index in [0.717, 1.165) is 66.1 Å². The fourth-order valence-electron chi connectivity index (χ4n) is 3.90. The van der Waals surface area contributed by atoms with Crippen molar-refractivity contribution in [3.63, 3.8) is 0 Å². The van der Waals surface area contributed by atoms with Crippen LogP contribution in [0.1, 0.15) is 12.5 Å². The molecule has 0 radical (unpaired) electrons. The number of carbonyl (C=O) groups excluding carboxylic acids is 1. The molecule has 1 aromatic heterocycles. The molecule has 172 valence electrons. The van der Waals surface area contributed by atoms with Gasteiger partial charge in [-0.05, 0) is 42.3 Å². The number of carbonyl (C=O) groups is 1. The van der Waals surface area contributed by atoms with E-state index in [1.54, 1.807) is 7.11 Å². The Morgan fingerprint density at radius 1 is 0.970 bits per heavy atom. The fraction of sp³-hybridized carbons (Fsp3) is 0.320. The quantitative estimate of drug-likeness (QED) is 0.504. The predicted octanol–water partition coefficient (Wildman–Crippen LogP) is 4.11. The Kier molecular flexibility index (Phi) is 7.67. The highest BCUT2D eigenvalue weighted by Crippen LogP contribution is 2.29. The largest absolute Gasteiger partial charge is 0.495 e. The number of methoxy groups -OCH3 is 1. The van der Waals surface area contributed by atoms with Crippen molar-refractivity contribution in [2.45, 2.75) is 18.4 Å². The molecule has 33 heavy (non-hydrogen) atoms. The summed E-state index contributed by atoms with van der Waals surface area (Å²) in [6, 6.07) is 19.9. The summed E-state index contributed by atoms with van der Waals surface area (Å²) in [5.74, 6) is 2.01. The Morgan fingerprint density at radius 2 is 1.70 bits per heavy atom. The predicted molar refractivity (Wildman–Crippen MR) is 135 cm³/mol. The van der Waals surface area contributed by atoms with Gasteiger partial charge in [-0.15, -0.1) is 10.2 Å². The van der Waals surface area contributed by atoms with E-state index in [1.807, 2.05) is 54.6 Å². The first kappa shape index (κ1) is 22.9. The van der Waals surface area contributed by atoms with Crippen molar-refractivity contribution in [2.75, 3.05) is 54.2 Å². The smallest absolute Gasteiger partial charge is 0.234 e. The molecule has 2 heterocycles. The molecule has 4 rings (SSSR count). The van der Waals surface area contributed by atoms with Crippen LogP contribution in [-0.4, -0.2) is 55.1 Å². The second-order valence-electron chi connectivity index (χ2n) is 7.72. The Balaban J connectivity index is 1.28. The van der Waals surface area contributed by atoms with Crippen LogP contribution in [0.25, 0.3) is 0 Å². The van der Waals surface area contributed by atoms with Crippen molar-refractivity contribution < 1.29 is 9.53 Å². The minimum absolute atomic E-state index is 0.0424. The molecule has 0 bridgehead atoms. The first-order chi connectivity index (χ1) is 16.2. The molecular formula is C25H29N5O2S. The van der Waals surface area contributed by atoms with Gasteiger partial charge in [-0.25, -0.2) is 0 Å². The second kappa shape index (κ2) is 11.0. The molecule has 1 amide bonds. The van der Waals surface area contributed by atoms with Gasteiger partial charge in [0.15, 0.2) is 5.82 Å². The third-order valence-corrected chi connectivity index (χ3v) is 6.60.